The Morgan fingerprint density at radius 2 is 2.09 bits per heavy atom. The van der Waals surface area contributed by atoms with Crippen molar-refractivity contribution in [2.24, 2.45) is 0 Å². The number of hydrogen-bond acceptors (Lipinski definition) is 4. The van der Waals surface area contributed by atoms with Crippen LogP contribution in [-0.2, 0) is 17.8 Å². The van der Waals surface area contributed by atoms with E-state index in [-0.39, 0.29) is 12.1 Å². The first kappa shape index (κ1) is 19.5. The molecule has 0 bridgehead atoms. The number of nitrogens with one attached hydrogen (secondary N) is 2. The summed E-state index contributed by atoms with van der Waals surface area (Å²) < 4.78 is 7.44. The second-order valence-corrected chi connectivity index (χ2v) is 6.79. The van der Waals surface area contributed by atoms with Crippen molar-refractivity contribution in [3.05, 3.63) is 18.2 Å². The van der Waals surface area contributed by atoms with Crippen molar-refractivity contribution in [1.29, 1.82) is 0 Å². The topological polar surface area (TPSA) is 68.2 Å². The average Bonchev–Trinajstić information content (AvgIpc) is 2.88. The summed E-state index contributed by atoms with van der Waals surface area (Å²) in [5.74, 6) is 1.03. The summed E-state index contributed by atoms with van der Waals surface area (Å²) in [5, 5.41) is 6.33. The molecule has 1 aromatic rings. The third-order valence-corrected chi connectivity index (χ3v) is 3.34. The quantitative estimate of drug-likeness (QED) is 0.732. The highest BCUT2D eigenvalue weighted by molar-refractivity contribution is 5.67. The molecule has 1 unspecified atom stereocenters. The summed E-state index contributed by atoms with van der Waals surface area (Å²) in [6, 6.07) is 0.208. The monoisotopic (exact) mass is 324 g/mol. The zero-order chi connectivity index (χ0) is 17.3. The van der Waals surface area contributed by atoms with Crippen molar-refractivity contribution in [3.63, 3.8) is 0 Å². The molecule has 0 radical (unpaired) electrons. The van der Waals surface area contributed by atoms with Crippen LogP contribution in [0.2, 0.25) is 0 Å². The van der Waals surface area contributed by atoms with Gasteiger partial charge in [-0.15, -0.1) is 0 Å². The van der Waals surface area contributed by atoms with Crippen LogP contribution in [0.15, 0.2) is 12.4 Å². The number of carbonyl (C=O) groups excluding carboxylic acids is 1. The van der Waals surface area contributed by atoms with E-state index in [1.807, 2.05) is 33.2 Å². The van der Waals surface area contributed by atoms with E-state index in [1.54, 1.807) is 0 Å². The smallest absolute Gasteiger partial charge is 0.407 e. The minimum atomic E-state index is -0.470. The van der Waals surface area contributed by atoms with Crippen molar-refractivity contribution >= 4 is 6.09 Å². The number of imidazole rings is 1. The molecule has 1 aromatic heterocycles. The lowest BCUT2D eigenvalue weighted by molar-refractivity contribution is 0.0521. The van der Waals surface area contributed by atoms with Crippen LogP contribution in [0.25, 0.3) is 0 Å². The summed E-state index contributed by atoms with van der Waals surface area (Å²) in [7, 11) is 0. The normalized spacial score (nSPS) is 12.9. The zero-order valence-corrected chi connectivity index (χ0v) is 15.2. The van der Waals surface area contributed by atoms with Gasteiger partial charge in [0.15, 0.2) is 0 Å². The van der Waals surface area contributed by atoms with E-state index in [9.17, 15) is 4.79 Å². The van der Waals surface area contributed by atoms with Gasteiger partial charge in [-0.05, 0) is 33.6 Å². The molecule has 0 saturated heterocycles. The van der Waals surface area contributed by atoms with Crippen molar-refractivity contribution in [2.45, 2.75) is 78.6 Å². The van der Waals surface area contributed by atoms with Crippen LogP contribution >= 0.6 is 0 Å². The molecule has 1 rings (SSSR count). The molecule has 0 saturated carbocycles. The molecule has 2 N–H and O–H groups in total. The van der Waals surface area contributed by atoms with E-state index in [1.165, 1.54) is 0 Å². The lowest BCUT2D eigenvalue weighted by Gasteiger charge is -2.22. The molecule has 6 nitrogen and oxygen atoms in total. The predicted molar refractivity (Wildman–Crippen MR) is 92.3 cm³/mol. The molecule has 0 aliphatic heterocycles. The Labute approximate surface area is 140 Å². The SMILES string of the molecule is CCCC(CNC(=O)OC(C)(C)C)NCc1nccn1CCC. The highest BCUT2D eigenvalue weighted by Gasteiger charge is 2.17. The highest BCUT2D eigenvalue weighted by Crippen LogP contribution is 2.07. The first-order valence-electron chi connectivity index (χ1n) is 8.56. The molecule has 0 fully saturated rings. The summed E-state index contributed by atoms with van der Waals surface area (Å²) in [4.78, 5) is 16.2. The van der Waals surface area contributed by atoms with Gasteiger partial charge in [-0.1, -0.05) is 20.3 Å². The number of hydrogen-bond donors (Lipinski definition) is 2. The van der Waals surface area contributed by atoms with Gasteiger partial charge in [0, 0.05) is 31.5 Å². The molecular weight excluding hydrogens is 292 g/mol. The molecule has 1 atom stereocenters. The van der Waals surface area contributed by atoms with E-state index in [2.05, 4.69) is 34.0 Å². The van der Waals surface area contributed by atoms with Crippen LogP contribution in [0, 0.1) is 0 Å². The van der Waals surface area contributed by atoms with Crippen LogP contribution in [0.5, 0.6) is 0 Å². The Morgan fingerprint density at radius 1 is 1.35 bits per heavy atom. The Hall–Kier alpha value is -1.56. The lowest BCUT2D eigenvalue weighted by atomic mass is 10.1. The Balaban J connectivity index is 2.45. The van der Waals surface area contributed by atoms with Crippen molar-refractivity contribution in [3.8, 4) is 0 Å². The van der Waals surface area contributed by atoms with Crippen molar-refractivity contribution in [1.82, 2.24) is 20.2 Å². The van der Waals surface area contributed by atoms with Gasteiger partial charge in [0.1, 0.15) is 11.4 Å². The first-order chi connectivity index (χ1) is 10.9. The van der Waals surface area contributed by atoms with Crippen LogP contribution in [0.1, 0.15) is 59.7 Å². The minimum Gasteiger partial charge on any atom is -0.444 e. The summed E-state index contributed by atoms with van der Waals surface area (Å²) >= 11 is 0. The zero-order valence-electron chi connectivity index (χ0n) is 15.2. The number of amides is 1. The standard InChI is InChI=1S/C17H32N4O2/c1-6-8-14(12-20-16(22)23-17(3,4)5)19-13-15-18-9-11-21(15)10-7-2/h9,11,14,19H,6-8,10,12-13H2,1-5H3,(H,20,22). The van der Waals surface area contributed by atoms with Gasteiger partial charge in [0.2, 0.25) is 0 Å². The van der Waals surface area contributed by atoms with Gasteiger partial charge in [-0.25, -0.2) is 9.78 Å². The maximum Gasteiger partial charge on any atom is 0.407 e. The molecule has 132 valence electrons. The number of rotatable bonds is 9. The number of carbonyl (C=O) groups is 1. The Bertz CT molecular complexity index is 465. The maximum absolute atomic E-state index is 11.8. The molecule has 1 amide bonds. The summed E-state index contributed by atoms with van der Waals surface area (Å²) in [6.45, 7) is 12.1. The molecular formula is C17H32N4O2. The fourth-order valence-electron chi connectivity index (χ4n) is 2.33. The van der Waals surface area contributed by atoms with E-state index < -0.39 is 5.60 Å². The number of nitrogens with zero attached hydrogens (tertiary/aromatic N) is 2. The van der Waals surface area contributed by atoms with E-state index >= 15 is 0 Å². The predicted octanol–water partition coefficient (Wildman–Crippen LogP) is 3.08. The van der Waals surface area contributed by atoms with Crippen LogP contribution in [-0.4, -0.2) is 33.8 Å². The van der Waals surface area contributed by atoms with Gasteiger partial charge >= 0.3 is 6.09 Å². The first-order valence-corrected chi connectivity index (χ1v) is 8.56. The van der Waals surface area contributed by atoms with E-state index in [4.69, 9.17) is 4.74 Å². The van der Waals surface area contributed by atoms with Gasteiger partial charge in [-0.3, -0.25) is 0 Å². The summed E-state index contributed by atoms with van der Waals surface area (Å²) in [6.07, 6.45) is 6.60. The Kier molecular flexibility index (Phi) is 8.09. The Morgan fingerprint density at radius 3 is 2.70 bits per heavy atom. The fourth-order valence-corrected chi connectivity index (χ4v) is 2.33. The van der Waals surface area contributed by atoms with Gasteiger partial charge in [-0.2, -0.15) is 0 Å². The van der Waals surface area contributed by atoms with Gasteiger partial charge in [0.25, 0.3) is 0 Å². The molecule has 1 heterocycles. The third-order valence-electron chi connectivity index (χ3n) is 3.34. The van der Waals surface area contributed by atoms with Crippen molar-refractivity contribution in [2.75, 3.05) is 6.54 Å². The van der Waals surface area contributed by atoms with Crippen LogP contribution < -0.4 is 10.6 Å². The number of alkyl carbamates (subject to hydrolysis) is 1. The molecule has 0 aliphatic carbocycles. The molecule has 6 heteroatoms. The number of aromatic nitrogens is 2. The van der Waals surface area contributed by atoms with Gasteiger partial charge < -0.3 is 19.9 Å². The third kappa shape index (κ3) is 8.02. The van der Waals surface area contributed by atoms with Crippen LogP contribution in [0.4, 0.5) is 4.79 Å². The van der Waals surface area contributed by atoms with E-state index in [0.717, 1.165) is 31.6 Å². The largest absolute Gasteiger partial charge is 0.444 e. The van der Waals surface area contributed by atoms with Gasteiger partial charge in [0.05, 0.1) is 6.54 Å². The highest BCUT2D eigenvalue weighted by atomic mass is 16.6. The fraction of sp³-hybridized carbons (Fsp3) is 0.765. The van der Waals surface area contributed by atoms with E-state index in [0.29, 0.717) is 13.1 Å². The van der Waals surface area contributed by atoms with Crippen molar-refractivity contribution < 1.29 is 9.53 Å². The average molecular weight is 324 g/mol. The second kappa shape index (κ2) is 9.55. The number of aryl methyl sites for hydroxylation is 1. The lowest BCUT2D eigenvalue weighted by Crippen LogP contribution is -2.42. The minimum absolute atomic E-state index is 0.208. The molecule has 0 spiro atoms. The molecule has 0 aliphatic rings. The summed E-state index contributed by atoms with van der Waals surface area (Å²) in [5.41, 5.74) is -0.470. The number of ether oxygens (including phenoxy) is 1. The molecule has 0 aromatic carbocycles. The maximum atomic E-state index is 11.8. The second-order valence-electron chi connectivity index (χ2n) is 6.79. The van der Waals surface area contributed by atoms with Crippen LogP contribution in [0.3, 0.4) is 0 Å². The molecule has 23 heavy (non-hydrogen) atoms.